The molecule has 1 saturated heterocycles. The van der Waals surface area contributed by atoms with Crippen molar-refractivity contribution in [1.82, 2.24) is 0 Å². The van der Waals surface area contributed by atoms with Crippen LogP contribution >= 0.6 is 0 Å². The molecule has 1 aliphatic rings. The van der Waals surface area contributed by atoms with Crippen LogP contribution in [0.4, 0.5) is 0 Å². The molecular formula is C13H16O7. The lowest BCUT2D eigenvalue weighted by molar-refractivity contribution is -0.204. The number of terminal acetylenes is 1. The van der Waals surface area contributed by atoms with Gasteiger partial charge < -0.3 is 18.9 Å². The van der Waals surface area contributed by atoms with E-state index in [9.17, 15) is 14.4 Å². The normalized spacial score (nSPS) is 28.9. The van der Waals surface area contributed by atoms with E-state index in [1.165, 1.54) is 21.0 Å². The van der Waals surface area contributed by atoms with E-state index in [0.717, 1.165) is 0 Å². The van der Waals surface area contributed by atoms with Gasteiger partial charge in [-0.25, -0.2) is 4.79 Å². The highest BCUT2D eigenvalue weighted by Crippen LogP contribution is 2.26. The average molecular weight is 284 g/mol. The van der Waals surface area contributed by atoms with Crippen LogP contribution < -0.4 is 0 Å². The minimum absolute atomic E-state index is 0.00236. The molecule has 0 bridgehead atoms. The summed E-state index contributed by atoms with van der Waals surface area (Å²) < 4.78 is 20.0. The third kappa shape index (κ3) is 3.96. The molecule has 4 atom stereocenters. The topological polar surface area (TPSA) is 88.1 Å². The summed E-state index contributed by atoms with van der Waals surface area (Å²) in [5.41, 5.74) is 0. The van der Waals surface area contributed by atoms with Gasteiger partial charge in [-0.05, 0) is 0 Å². The summed E-state index contributed by atoms with van der Waals surface area (Å²) in [6, 6.07) is 0. The van der Waals surface area contributed by atoms with Crippen molar-refractivity contribution >= 4 is 17.9 Å². The van der Waals surface area contributed by atoms with Gasteiger partial charge in [0, 0.05) is 20.3 Å². The van der Waals surface area contributed by atoms with Gasteiger partial charge in [-0.15, -0.1) is 6.42 Å². The Morgan fingerprint density at radius 2 is 1.80 bits per heavy atom. The first kappa shape index (κ1) is 16.0. The van der Waals surface area contributed by atoms with Crippen molar-refractivity contribution in [3.63, 3.8) is 0 Å². The number of methoxy groups -OCH3 is 1. The molecule has 20 heavy (non-hydrogen) atoms. The van der Waals surface area contributed by atoms with Gasteiger partial charge in [-0.3, -0.25) is 9.59 Å². The summed E-state index contributed by atoms with van der Waals surface area (Å²) in [5.74, 6) is 0.472. The lowest BCUT2D eigenvalue weighted by Gasteiger charge is -2.37. The fraction of sp³-hybridized carbons (Fsp3) is 0.615. The second-order valence-corrected chi connectivity index (χ2v) is 4.19. The molecule has 7 heteroatoms. The summed E-state index contributed by atoms with van der Waals surface area (Å²) in [7, 11) is 1.20. The maximum absolute atomic E-state index is 11.5. The number of hydrogen-bond donors (Lipinski definition) is 0. The smallest absolute Gasteiger partial charge is 0.335 e. The van der Waals surface area contributed by atoms with Crippen LogP contribution in [0.5, 0.6) is 0 Å². The summed E-state index contributed by atoms with van der Waals surface area (Å²) in [6.45, 7) is 2.41. The Hall–Kier alpha value is -2.07. The maximum atomic E-state index is 11.5. The van der Waals surface area contributed by atoms with Crippen molar-refractivity contribution < 1.29 is 33.3 Å². The van der Waals surface area contributed by atoms with E-state index in [2.05, 4.69) is 10.7 Å². The second-order valence-electron chi connectivity index (χ2n) is 4.19. The molecule has 0 radical (unpaired) electrons. The highest BCUT2D eigenvalue weighted by molar-refractivity contribution is 5.75. The molecule has 1 heterocycles. The lowest BCUT2D eigenvalue weighted by Crippen LogP contribution is -2.53. The first-order chi connectivity index (χ1) is 9.38. The highest BCUT2D eigenvalue weighted by atomic mass is 16.6. The van der Waals surface area contributed by atoms with E-state index < -0.39 is 42.3 Å². The molecule has 0 aromatic carbocycles. The Morgan fingerprint density at radius 3 is 2.25 bits per heavy atom. The van der Waals surface area contributed by atoms with Crippen LogP contribution in [0.1, 0.15) is 20.3 Å². The molecule has 0 aliphatic carbocycles. The van der Waals surface area contributed by atoms with E-state index in [4.69, 9.17) is 20.6 Å². The number of esters is 3. The monoisotopic (exact) mass is 284 g/mol. The van der Waals surface area contributed by atoms with Gasteiger partial charge >= 0.3 is 17.9 Å². The van der Waals surface area contributed by atoms with Gasteiger partial charge in [0.25, 0.3) is 0 Å². The number of ether oxygens (including phenoxy) is 4. The molecular weight excluding hydrogens is 268 g/mol. The first-order valence-corrected chi connectivity index (χ1v) is 5.92. The molecule has 1 fully saturated rings. The lowest BCUT2D eigenvalue weighted by atomic mass is 9.97. The number of carbonyl (C=O) groups excluding carboxylic acids is 3. The fourth-order valence-electron chi connectivity index (χ4n) is 1.93. The predicted molar refractivity (Wildman–Crippen MR) is 65.2 cm³/mol. The first-order valence-electron chi connectivity index (χ1n) is 5.92. The van der Waals surface area contributed by atoms with Gasteiger partial charge in [0.2, 0.25) is 0 Å². The zero-order chi connectivity index (χ0) is 15.3. The Morgan fingerprint density at radius 1 is 1.20 bits per heavy atom. The van der Waals surface area contributed by atoms with Crippen molar-refractivity contribution in [1.29, 1.82) is 0 Å². The van der Waals surface area contributed by atoms with Crippen LogP contribution in [0.3, 0.4) is 0 Å². The van der Waals surface area contributed by atoms with Gasteiger partial charge in [-0.2, -0.15) is 0 Å². The average Bonchev–Trinajstić information content (AvgIpc) is 2.38. The molecule has 0 N–H and O–H groups in total. The SMILES string of the molecule is C#C[C@@H]1O[C@H](C(=O)OC)C[C@H](OC(C)=O)[C@H]1OC(C)=O. The Labute approximate surface area is 116 Å². The molecule has 0 aromatic rings. The Balaban J connectivity index is 2.95. The van der Waals surface area contributed by atoms with E-state index in [0.29, 0.717) is 0 Å². The predicted octanol–water partition coefficient (Wildman–Crippen LogP) is -0.187. The second kappa shape index (κ2) is 6.91. The van der Waals surface area contributed by atoms with Crippen molar-refractivity contribution in [2.24, 2.45) is 0 Å². The fourth-order valence-corrected chi connectivity index (χ4v) is 1.93. The molecule has 0 unspecified atom stereocenters. The highest BCUT2D eigenvalue weighted by Gasteiger charge is 2.45. The third-order valence-corrected chi connectivity index (χ3v) is 2.67. The minimum Gasteiger partial charge on any atom is -0.467 e. The van der Waals surface area contributed by atoms with Crippen LogP contribution in [0.25, 0.3) is 0 Å². The molecule has 1 rings (SSSR count). The van der Waals surface area contributed by atoms with E-state index in [-0.39, 0.29) is 6.42 Å². The molecule has 0 aromatic heterocycles. The summed E-state index contributed by atoms with van der Waals surface area (Å²) >= 11 is 0. The van der Waals surface area contributed by atoms with Crippen LogP contribution in [-0.4, -0.2) is 49.4 Å². The zero-order valence-electron chi connectivity index (χ0n) is 11.5. The van der Waals surface area contributed by atoms with Gasteiger partial charge in [0.1, 0.15) is 6.10 Å². The van der Waals surface area contributed by atoms with Crippen LogP contribution in [0.15, 0.2) is 0 Å². The van der Waals surface area contributed by atoms with Crippen LogP contribution in [0.2, 0.25) is 0 Å². The molecule has 0 amide bonds. The van der Waals surface area contributed by atoms with Crippen molar-refractivity contribution in [2.45, 2.75) is 44.7 Å². The third-order valence-electron chi connectivity index (χ3n) is 2.67. The van der Waals surface area contributed by atoms with Crippen molar-refractivity contribution in [2.75, 3.05) is 7.11 Å². The number of carbonyl (C=O) groups is 3. The molecule has 0 saturated carbocycles. The summed E-state index contributed by atoms with van der Waals surface area (Å²) in [5, 5.41) is 0. The van der Waals surface area contributed by atoms with Gasteiger partial charge in [0.05, 0.1) is 7.11 Å². The summed E-state index contributed by atoms with van der Waals surface area (Å²) in [4.78, 5) is 33.7. The van der Waals surface area contributed by atoms with Crippen LogP contribution in [-0.2, 0) is 33.3 Å². The van der Waals surface area contributed by atoms with Crippen molar-refractivity contribution in [3.8, 4) is 12.3 Å². The maximum Gasteiger partial charge on any atom is 0.335 e. The van der Waals surface area contributed by atoms with E-state index in [1.54, 1.807) is 0 Å². The zero-order valence-corrected chi connectivity index (χ0v) is 11.5. The molecule has 0 spiro atoms. The Kier molecular flexibility index (Phi) is 5.53. The van der Waals surface area contributed by atoms with Gasteiger partial charge in [-0.1, -0.05) is 5.92 Å². The molecule has 1 aliphatic heterocycles. The molecule has 110 valence electrons. The number of rotatable bonds is 3. The minimum atomic E-state index is -0.999. The van der Waals surface area contributed by atoms with E-state index >= 15 is 0 Å². The quantitative estimate of drug-likeness (QED) is 0.403. The molecule has 7 nitrogen and oxygen atoms in total. The standard InChI is InChI=1S/C13H16O7/c1-5-9-12(19-8(3)15)10(18-7(2)14)6-11(20-9)13(16)17-4/h1,9-12H,6H2,2-4H3/t9-,10-,11-,12-/m0/s1. The largest absolute Gasteiger partial charge is 0.467 e. The van der Waals surface area contributed by atoms with Gasteiger partial charge in [0.15, 0.2) is 18.3 Å². The van der Waals surface area contributed by atoms with Crippen molar-refractivity contribution in [3.05, 3.63) is 0 Å². The Bertz CT molecular complexity index is 436. The van der Waals surface area contributed by atoms with Crippen LogP contribution in [0, 0.1) is 12.3 Å². The summed E-state index contributed by atoms with van der Waals surface area (Å²) in [6.07, 6.45) is 1.51. The number of hydrogen-bond acceptors (Lipinski definition) is 7. The van der Waals surface area contributed by atoms with E-state index in [1.807, 2.05) is 0 Å².